The summed E-state index contributed by atoms with van der Waals surface area (Å²) in [5, 5.41) is 13.1. The molecule has 116 valence electrons. The highest BCUT2D eigenvalue weighted by molar-refractivity contribution is 7.89. The molecule has 0 aliphatic carbocycles. The van der Waals surface area contributed by atoms with Gasteiger partial charge in [-0.3, -0.25) is 4.68 Å². The van der Waals surface area contributed by atoms with Crippen molar-refractivity contribution < 1.29 is 18.3 Å². The lowest BCUT2D eigenvalue weighted by Gasteiger charge is -2.17. The fraction of sp³-hybridized carbons (Fsp3) is 0.750. The first-order valence-corrected chi connectivity index (χ1v) is 7.90. The van der Waals surface area contributed by atoms with Crippen LogP contribution < -0.4 is 0 Å². The number of ether oxygens (including phenoxy) is 1. The van der Waals surface area contributed by atoms with E-state index in [4.69, 9.17) is 9.84 Å². The first kappa shape index (κ1) is 17.1. The molecular formula is C12H23N3O4S. The molecule has 0 unspecified atom stereocenters. The van der Waals surface area contributed by atoms with Gasteiger partial charge < -0.3 is 9.84 Å². The second-order valence-corrected chi connectivity index (χ2v) is 6.60. The Morgan fingerprint density at radius 3 is 2.60 bits per heavy atom. The molecule has 0 atom stereocenters. The van der Waals surface area contributed by atoms with Gasteiger partial charge in [-0.15, -0.1) is 0 Å². The number of aliphatic hydroxyl groups is 1. The van der Waals surface area contributed by atoms with Crippen LogP contribution in [-0.4, -0.2) is 61.5 Å². The van der Waals surface area contributed by atoms with Crippen LogP contribution in [0, 0.1) is 13.8 Å². The average molecular weight is 305 g/mol. The average Bonchev–Trinajstić information content (AvgIpc) is 2.65. The van der Waals surface area contributed by atoms with Gasteiger partial charge in [-0.2, -0.15) is 5.10 Å². The van der Waals surface area contributed by atoms with E-state index in [-0.39, 0.29) is 18.0 Å². The zero-order valence-corrected chi connectivity index (χ0v) is 13.3. The van der Waals surface area contributed by atoms with E-state index in [1.54, 1.807) is 28.0 Å². The maximum absolute atomic E-state index is 12.6. The van der Waals surface area contributed by atoms with Gasteiger partial charge in [-0.05, 0) is 20.3 Å². The predicted octanol–water partition coefficient (Wildman–Crippen LogP) is 0.149. The van der Waals surface area contributed by atoms with Gasteiger partial charge in [-0.25, -0.2) is 12.7 Å². The fourth-order valence-corrected chi connectivity index (χ4v) is 3.65. The maximum atomic E-state index is 12.6. The first-order valence-electron chi connectivity index (χ1n) is 6.46. The van der Waals surface area contributed by atoms with Crippen molar-refractivity contribution in [3.8, 4) is 0 Å². The van der Waals surface area contributed by atoms with E-state index >= 15 is 0 Å². The van der Waals surface area contributed by atoms with Crippen molar-refractivity contribution in [2.75, 3.05) is 33.9 Å². The van der Waals surface area contributed by atoms with E-state index in [1.807, 2.05) is 0 Å². The quantitative estimate of drug-likeness (QED) is 0.691. The number of sulfonamides is 1. The molecule has 0 aromatic carbocycles. The maximum Gasteiger partial charge on any atom is 0.246 e. The van der Waals surface area contributed by atoms with Crippen LogP contribution in [0.15, 0.2) is 4.90 Å². The molecule has 0 bridgehead atoms. The summed E-state index contributed by atoms with van der Waals surface area (Å²) < 4.78 is 32.9. The van der Waals surface area contributed by atoms with Crippen LogP contribution in [0.1, 0.15) is 17.8 Å². The van der Waals surface area contributed by atoms with E-state index in [1.165, 1.54) is 8.99 Å². The van der Waals surface area contributed by atoms with Crippen LogP contribution in [0.5, 0.6) is 0 Å². The van der Waals surface area contributed by atoms with E-state index in [0.717, 1.165) is 0 Å². The smallest absolute Gasteiger partial charge is 0.246 e. The highest BCUT2D eigenvalue weighted by Crippen LogP contribution is 2.22. The number of hydrogen-bond acceptors (Lipinski definition) is 5. The van der Waals surface area contributed by atoms with Crippen molar-refractivity contribution in [3.63, 3.8) is 0 Å². The molecule has 7 nitrogen and oxygen atoms in total. The Bertz CT molecular complexity index is 539. The van der Waals surface area contributed by atoms with Crippen molar-refractivity contribution in [1.82, 2.24) is 14.1 Å². The fourth-order valence-electron chi connectivity index (χ4n) is 2.07. The molecule has 0 saturated heterocycles. The second kappa shape index (κ2) is 7.16. The molecule has 8 heteroatoms. The van der Waals surface area contributed by atoms with Crippen LogP contribution >= 0.6 is 0 Å². The molecule has 0 aliphatic heterocycles. The number of hydrogen-bond donors (Lipinski definition) is 1. The molecule has 1 heterocycles. The molecule has 20 heavy (non-hydrogen) atoms. The normalized spacial score (nSPS) is 12.3. The summed E-state index contributed by atoms with van der Waals surface area (Å²) in [7, 11) is -0.432. The molecule has 1 aromatic heterocycles. The molecule has 0 amide bonds. The SMILES string of the molecule is COCCCN(C)S(=O)(=O)c1c(C)nn(CCO)c1C. The third-order valence-corrected chi connectivity index (χ3v) is 5.23. The van der Waals surface area contributed by atoms with Crippen LogP contribution in [0.4, 0.5) is 0 Å². The van der Waals surface area contributed by atoms with Crippen LogP contribution in [0.25, 0.3) is 0 Å². The highest BCUT2D eigenvalue weighted by atomic mass is 32.2. The van der Waals surface area contributed by atoms with Crippen LogP contribution in [0.2, 0.25) is 0 Å². The van der Waals surface area contributed by atoms with Crippen molar-refractivity contribution >= 4 is 10.0 Å². The van der Waals surface area contributed by atoms with Crippen molar-refractivity contribution in [2.45, 2.75) is 31.7 Å². The second-order valence-electron chi connectivity index (χ2n) is 4.62. The van der Waals surface area contributed by atoms with Gasteiger partial charge in [0.2, 0.25) is 10.0 Å². The van der Waals surface area contributed by atoms with Gasteiger partial charge in [0, 0.05) is 27.3 Å². The Labute approximate surface area is 120 Å². The van der Waals surface area contributed by atoms with Crippen LogP contribution in [-0.2, 0) is 21.3 Å². The number of aliphatic hydroxyl groups excluding tert-OH is 1. The molecular weight excluding hydrogens is 282 g/mol. The summed E-state index contributed by atoms with van der Waals surface area (Å²) >= 11 is 0. The monoisotopic (exact) mass is 305 g/mol. The third kappa shape index (κ3) is 3.57. The molecule has 0 radical (unpaired) electrons. The number of aryl methyl sites for hydroxylation is 1. The standard InChI is InChI=1S/C12H23N3O4S/c1-10-12(11(2)15(13-10)7-8-16)20(17,18)14(3)6-5-9-19-4/h16H,5-9H2,1-4H3. The summed E-state index contributed by atoms with van der Waals surface area (Å²) in [6.07, 6.45) is 0.634. The molecule has 1 rings (SSSR count). The molecule has 0 aliphatic rings. The number of rotatable bonds is 8. The lowest BCUT2D eigenvalue weighted by Crippen LogP contribution is -2.29. The Balaban J connectivity index is 3.03. The van der Waals surface area contributed by atoms with Gasteiger partial charge >= 0.3 is 0 Å². The summed E-state index contributed by atoms with van der Waals surface area (Å²) in [5.41, 5.74) is 1.00. The minimum absolute atomic E-state index is 0.0782. The summed E-state index contributed by atoms with van der Waals surface area (Å²) in [5.74, 6) is 0. The Morgan fingerprint density at radius 1 is 1.40 bits per heavy atom. The number of methoxy groups -OCH3 is 1. The van der Waals surface area contributed by atoms with Gasteiger partial charge in [-0.1, -0.05) is 0 Å². The van der Waals surface area contributed by atoms with Gasteiger partial charge in [0.1, 0.15) is 4.90 Å². The van der Waals surface area contributed by atoms with Crippen molar-refractivity contribution in [1.29, 1.82) is 0 Å². The third-order valence-electron chi connectivity index (χ3n) is 3.12. The molecule has 0 fully saturated rings. The van der Waals surface area contributed by atoms with E-state index < -0.39 is 10.0 Å². The molecule has 1 aromatic rings. The minimum atomic E-state index is -3.57. The number of aromatic nitrogens is 2. The number of nitrogens with zero attached hydrogens (tertiary/aromatic N) is 3. The van der Waals surface area contributed by atoms with Gasteiger partial charge in [0.05, 0.1) is 24.5 Å². The lowest BCUT2D eigenvalue weighted by molar-refractivity contribution is 0.189. The van der Waals surface area contributed by atoms with Crippen molar-refractivity contribution in [3.05, 3.63) is 11.4 Å². The Hall–Kier alpha value is -0.960. The zero-order valence-electron chi connectivity index (χ0n) is 12.5. The molecule has 0 saturated carbocycles. The minimum Gasteiger partial charge on any atom is -0.394 e. The first-order chi connectivity index (χ1) is 9.36. The van der Waals surface area contributed by atoms with E-state index in [2.05, 4.69) is 5.10 Å². The Kier molecular flexibility index (Phi) is 6.12. The largest absolute Gasteiger partial charge is 0.394 e. The van der Waals surface area contributed by atoms with Crippen LogP contribution in [0.3, 0.4) is 0 Å². The summed E-state index contributed by atoms with van der Waals surface area (Å²) in [4.78, 5) is 0.228. The van der Waals surface area contributed by atoms with Crippen molar-refractivity contribution in [2.24, 2.45) is 0 Å². The van der Waals surface area contributed by atoms with E-state index in [0.29, 0.717) is 31.0 Å². The predicted molar refractivity (Wildman–Crippen MR) is 75.1 cm³/mol. The summed E-state index contributed by atoms with van der Waals surface area (Å²) in [6, 6.07) is 0. The zero-order chi connectivity index (χ0) is 15.3. The Morgan fingerprint density at radius 2 is 2.05 bits per heavy atom. The highest BCUT2D eigenvalue weighted by Gasteiger charge is 2.28. The summed E-state index contributed by atoms with van der Waals surface area (Å²) in [6.45, 7) is 4.48. The van der Waals surface area contributed by atoms with E-state index in [9.17, 15) is 8.42 Å². The van der Waals surface area contributed by atoms with Gasteiger partial charge in [0.15, 0.2) is 0 Å². The topological polar surface area (TPSA) is 84.7 Å². The molecule has 0 spiro atoms. The van der Waals surface area contributed by atoms with Gasteiger partial charge in [0.25, 0.3) is 0 Å². The molecule has 1 N–H and O–H groups in total. The lowest BCUT2D eigenvalue weighted by atomic mass is 10.4.